The van der Waals surface area contributed by atoms with Gasteiger partial charge in [0.2, 0.25) is 0 Å². The molecule has 0 saturated carbocycles. The number of hydrogen-bond acceptors (Lipinski definition) is 5. The maximum absolute atomic E-state index is 13.0. The van der Waals surface area contributed by atoms with Gasteiger partial charge in [0.25, 0.3) is 8.32 Å². The molecule has 3 rings (SSSR count). The molecule has 6 nitrogen and oxygen atoms in total. The van der Waals surface area contributed by atoms with E-state index < -0.39 is 26.5 Å². The van der Waals surface area contributed by atoms with E-state index in [-0.39, 0.29) is 17.4 Å². The standard InChI is InChI=1S/C28H39NO5Si/c1-7-21(3)19-20-24-26(25(29(31)33-24)27(30)32-8-2)34-35(28(4,5)6,22-15-11-9-12-16-22)23-17-13-10-14-18-23/h9-18,21,24,26H,7-8,19-20H2,1-6H3/t21-,24-,26-/m0/s1. The van der Waals surface area contributed by atoms with Gasteiger partial charge in [-0.3, -0.25) is 5.21 Å². The van der Waals surface area contributed by atoms with Gasteiger partial charge in [-0.05, 0) is 41.1 Å². The maximum atomic E-state index is 13.0. The lowest BCUT2D eigenvalue weighted by molar-refractivity contribution is -0.740. The van der Waals surface area contributed by atoms with E-state index in [1.807, 2.05) is 36.4 Å². The molecular weight excluding hydrogens is 458 g/mol. The first kappa shape index (κ1) is 27.0. The van der Waals surface area contributed by atoms with Crippen molar-refractivity contribution in [3.63, 3.8) is 0 Å². The highest BCUT2D eigenvalue weighted by molar-refractivity contribution is 6.99. The molecule has 1 aliphatic rings. The van der Waals surface area contributed by atoms with Crippen molar-refractivity contribution < 1.29 is 23.7 Å². The van der Waals surface area contributed by atoms with Gasteiger partial charge in [-0.15, -0.1) is 0 Å². The maximum Gasteiger partial charge on any atom is 0.408 e. The van der Waals surface area contributed by atoms with Crippen LogP contribution in [0.1, 0.15) is 60.8 Å². The van der Waals surface area contributed by atoms with Crippen molar-refractivity contribution in [1.29, 1.82) is 0 Å². The van der Waals surface area contributed by atoms with Gasteiger partial charge in [0, 0.05) is 0 Å². The summed E-state index contributed by atoms with van der Waals surface area (Å²) < 4.78 is 12.5. The Kier molecular flexibility index (Phi) is 8.78. The van der Waals surface area contributed by atoms with Gasteiger partial charge in [0.1, 0.15) is 6.10 Å². The molecule has 0 radical (unpaired) electrons. The molecule has 0 amide bonds. The van der Waals surface area contributed by atoms with Crippen LogP contribution < -0.4 is 10.4 Å². The molecule has 0 aliphatic carbocycles. The zero-order valence-corrected chi connectivity index (χ0v) is 22.8. The Hall–Kier alpha value is -2.64. The predicted molar refractivity (Wildman–Crippen MR) is 141 cm³/mol. The topological polar surface area (TPSA) is 70.8 Å². The number of nitrogens with zero attached hydrogens (tertiary/aromatic N) is 1. The van der Waals surface area contributed by atoms with E-state index in [1.54, 1.807) is 6.92 Å². The van der Waals surface area contributed by atoms with E-state index in [9.17, 15) is 10.0 Å². The van der Waals surface area contributed by atoms with Gasteiger partial charge in [0.05, 0.1) is 11.5 Å². The Morgan fingerprint density at radius 2 is 1.60 bits per heavy atom. The highest BCUT2D eigenvalue weighted by atomic mass is 28.4. The largest absolute Gasteiger partial charge is 0.458 e. The van der Waals surface area contributed by atoms with Crippen LogP contribution in [-0.4, -0.2) is 43.7 Å². The van der Waals surface area contributed by atoms with Crippen molar-refractivity contribution in [2.45, 2.75) is 78.1 Å². The molecule has 0 spiro atoms. The summed E-state index contributed by atoms with van der Waals surface area (Å²) in [6.07, 6.45) is 1.11. The van der Waals surface area contributed by atoms with E-state index in [0.717, 1.165) is 23.2 Å². The van der Waals surface area contributed by atoms with E-state index >= 15 is 0 Å². The fourth-order valence-corrected chi connectivity index (χ4v) is 9.44. The summed E-state index contributed by atoms with van der Waals surface area (Å²) in [4.78, 5) is 19.0. The molecule has 0 bridgehead atoms. The molecule has 0 fully saturated rings. The van der Waals surface area contributed by atoms with Crippen LogP contribution in [0.2, 0.25) is 5.04 Å². The van der Waals surface area contributed by atoms with Crippen molar-refractivity contribution in [3.05, 3.63) is 65.9 Å². The van der Waals surface area contributed by atoms with Gasteiger partial charge < -0.3 is 14.0 Å². The minimum Gasteiger partial charge on any atom is -0.458 e. The Balaban J connectivity index is 2.17. The average Bonchev–Trinajstić information content (AvgIpc) is 3.15. The second kappa shape index (κ2) is 11.4. The van der Waals surface area contributed by atoms with Crippen LogP contribution in [0.4, 0.5) is 0 Å². The molecule has 0 saturated heterocycles. The summed E-state index contributed by atoms with van der Waals surface area (Å²) in [7, 11) is -3.04. The Labute approximate surface area is 210 Å². The lowest BCUT2D eigenvalue weighted by atomic mass is 9.97. The Morgan fingerprint density at radius 3 is 2.06 bits per heavy atom. The van der Waals surface area contributed by atoms with Crippen LogP contribution in [0.3, 0.4) is 0 Å². The molecule has 2 aromatic rings. The lowest BCUT2D eigenvalue weighted by Gasteiger charge is -2.44. The van der Waals surface area contributed by atoms with E-state index in [0.29, 0.717) is 17.2 Å². The van der Waals surface area contributed by atoms with Crippen molar-refractivity contribution in [2.75, 3.05) is 6.61 Å². The summed E-state index contributed by atoms with van der Waals surface area (Å²) in [5.41, 5.74) is -0.103. The molecule has 0 unspecified atom stereocenters. The first-order chi connectivity index (χ1) is 16.7. The molecule has 0 N–H and O–H groups in total. The average molecular weight is 498 g/mol. The molecule has 35 heavy (non-hydrogen) atoms. The zero-order chi connectivity index (χ0) is 25.6. The minimum absolute atomic E-state index is 0.103. The second-order valence-electron chi connectivity index (χ2n) is 10.3. The van der Waals surface area contributed by atoms with Crippen LogP contribution in [0.25, 0.3) is 0 Å². The lowest BCUT2D eigenvalue weighted by Crippen LogP contribution is -2.69. The molecule has 7 heteroatoms. The van der Waals surface area contributed by atoms with Gasteiger partial charge >= 0.3 is 11.7 Å². The Bertz CT molecular complexity index is 964. The summed E-state index contributed by atoms with van der Waals surface area (Å²) >= 11 is 0. The number of rotatable bonds is 10. The summed E-state index contributed by atoms with van der Waals surface area (Å²) in [5, 5.41) is 14.8. The number of carbonyl (C=O) groups is 1. The summed E-state index contributed by atoms with van der Waals surface area (Å²) in [6, 6.07) is 20.4. The number of carbonyl (C=O) groups excluding carboxylic acids is 1. The fourth-order valence-electron chi connectivity index (χ4n) is 4.78. The number of hydrogen-bond donors (Lipinski definition) is 0. The van der Waals surface area contributed by atoms with Crippen molar-refractivity contribution in [1.82, 2.24) is 0 Å². The molecule has 1 heterocycles. The van der Waals surface area contributed by atoms with Gasteiger partial charge in [-0.25, -0.2) is 4.79 Å². The first-order valence-electron chi connectivity index (χ1n) is 12.6. The smallest absolute Gasteiger partial charge is 0.408 e. The highest BCUT2D eigenvalue weighted by Crippen LogP contribution is 2.39. The van der Waals surface area contributed by atoms with E-state index in [1.165, 1.54) is 0 Å². The first-order valence-corrected chi connectivity index (χ1v) is 14.5. The SMILES string of the molecule is CCOC(=O)C1=[N+]([O-])O[C@@H](CC[C@@H](C)CC)[C@@H]1O[Si](c1ccccc1)(c1ccccc1)C(C)(C)C. The summed E-state index contributed by atoms with van der Waals surface area (Å²) in [5.74, 6) is -0.213. The third-order valence-corrected chi connectivity index (χ3v) is 11.9. The quantitative estimate of drug-likeness (QED) is 0.273. The van der Waals surface area contributed by atoms with Crippen LogP contribution >= 0.6 is 0 Å². The van der Waals surface area contributed by atoms with E-state index in [2.05, 4.69) is 58.9 Å². The Morgan fingerprint density at radius 1 is 1.06 bits per heavy atom. The monoisotopic (exact) mass is 497 g/mol. The van der Waals surface area contributed by atoms with Crippen molar-refractivity contribution in [2.24, 2.45) is 5.92 Å². The molecule has 1 aliphatic heterocycles. The molecular formula is C28H39NO5Si. The normalized spacial score (nSPS) is 19.4. The highest BCUT2D eigenvalue weighted by Gasteiger charge is 2.57. The van der Waals surface area contributed by atoms with Crippen LogP contribution in [-0.2, 0) is 18.8 Å². The van der Waals surface area contributed by atoms with Gasteiger partial charge in [-0.1, -0.05) is 102 Å². The van der Waals surface area contributed by atoms with Crippen LogP contribution in [0.15, 0.2) is 60.7 Å². The number of esters is 1. The van der Waals surface area contributed by atoms with Crippen molar-refractivity contribution >= 4 is 30.4 Å². The van der Waals surface area contributed by atoms with Crippen LogP contribution in [0, 0.1) is 11.1 Å². The van der Waals surface area contributed by atoms with E-state index in [4.69, 9.17) is 14.0 Å². The molecule has 3 atom stereocenters. The second-order valence-corrected chi connectivity index (χ2v) is 14.6. The fraction of sp³-hybridized carbons (Fsp3) is 0.500. The van der Waals surface area contributed by atoms with Crippen LogP contribution in [0.5, 0.6) is 0 Å². The van der Waals surface area contributed by atoms with Gasteiger partial charge in [0.15, 0.2) is 6.10 Å². The zero-order valence-electron chi connectivity index (χ0n) is 21.8. The number of ether oxygens (including phenoxy) is 1. The third-order valence-electron chi connectivity index (χ3n) is 6.88. The summed E-state index contributed by atoms with van der Waals surface area (Å²) in [6.45, 7) is 12.7. The molecule has 2 aromatic carbocycles. The molecule has 0 aromatic heterocycles. The van der Waals surface area contributed by atoms with Gasteiger partial charge in [-0.2, -0.15) is 0 Å². The minimum atomic E-state index is -3.04. The third kappa shape index (κ3) is 5.62. The predicted octanol–water partition coefficient (Wildman–Crippen LogP) is 4.59. The number of benzene rings is 2. The van der Waals surface area contributed by atoms with Crippen molar-refractivity contribution in [3.8, 4) is 0 Å². The molecule has 190 valence electrons.